The molecule has 0 amide bonds. The van der Waals surface area contributed by atoms with Crippen molar-refractivity contribution in [1.29, 1.82) is 0 Å². The lowest BCUT2D eigenvalue weighted by Gasteiger charge is -2.41. The summed E-state index contributed by atoms with van der Waals surface area (Å²) in [6, 6.07) is 8.29. The molecule has 200 valence electrons. The fraction of sp³-hybridized carbons (Fsp3) is 0.407. The van der Waals surface area contributed by atoms with Gasteiger partial charge in [-0.25, -0.2) is 15.0 Å². The van der Waals surface area contributed by atoms with E-state index >= 15 is 0 Å². The lowest BCUT2D eigenvalue weighted by Crippen LogP contribution is -2.49. The van der Waals surface area contributed by atoms with Gasteiger partial charge in [0.05, 0.1) is 18.7 Å². The van der Waals surface area contributed by atoms with E-state index in [1.54, 1.807) is 30.3 Å². The van der Waals surface area contributed by atoms with Crippen LogP contribution in [-0.2, 0) is 22.1 Å². The highest BCUT2D eigenvalue weighted by Crippen LogP contribution is 2.37. The highest BCUT2D eigenvalue weighted by molar-refractivity contribution is 7.84. The Kier molecular flexibility index (Phi) is 7.92. The van der Waals surface area contributed by atoms with Crippen molar-refractivity contribution in [2.45, 2.75) is 26.3 Å². The van der Waals surface area contributed by atoms with Crippen LogP contribution >= 0.6 is 11.6 Å². The average molecular weight is 554 g/mol. The molecule has 0 radical (unpaired) electrons. The molecule has 11 heteroatoms. The quantitative estimate of drug-likeness (QED) is 0.297. The first-order valence-electron chi connectivity index (χ1n) is 12.6. The molecule has 1 unspecified atom stereocenters. The summed E-state index contributed by atoms with van der Waals surface area (Å²) in [4.78, 5) is 16.1. The number of hydrogen-bond acceptors (Lipinski definition) is 8. The summed E-state index contributed by atoms with van der Waals surface area (Å²) >= 11 is 6.37. The van der Waals surface area contributed by atoms with Crippen molar-refractivity contribution in [1.82, 2.24) is 24.7 Å². The van der Waals surface area contributed by atoms with Crippen LogP contribution in [0.15, 0.2) is 42.9 Å². The molecular formula is C27H32ClN7O2S. The second-order valence-corrected chi connectivity index (χ2v) is 11.8. The molecule has 1 N–H and O–H groups in total. The molecule has 1 saturated heterocycles. The number of nitrogens with one attached hydrogen (secondary N) is 1. The number of pyridine rings is 1. The summed E-state index contributed by atoms with van der Waals surface area (Å²) in [6.07, 6.45) is 7.22. The predicted octanol–water partition coefficient (Wildman–Crippen LogP) is 4.87. The van der Waals surface area contributed by atoms with Crippen molar-refractivity contribution in [2.24, 2.45) is 5.92 Å². The van der Waals surface area contributed by atoms with Crippen molar-refractivity contribution < 1.29 is 8.95 Å². The molecule has 1 aliphatic heterocycles. The van der Waals surface area contributed by atoms with Crippen molar-refractivity contribution in [2.75, 3.05) is 49.0 Å². The summed E-state index contributed by atoms with van der Waals surface area (Å²) in [7, 11) is 0.881. The molecule has 5 rings (SSSR count). The van der Waals surface area contributed by atoms with Gasteiger partial charge in [0, 0.05) is 78.6 Å². The van der Waals surface area contributed by atoms with Gasteiger partial charge in [-0.1, -0.05) is 31.5 Å². The number of hydrogen-bond donors (Lipinski definition) is 1. The van der Waals surface area contributed by atoms with Gasteiger partial charge in [-0.05, 0) is 35.1 Å². The van der Waals surface area contributed by atoms with Crippen molar-refractivity contribution in [3.8, 4) is 11.4 Å². The third-order valence-electron chi connectivity index (χ3n) is 6.70. The molecule has 1 aromatic carbocycles. The standard InChI is InChI=1S/C27H32ClN7O2S/c1-17(2)19-5-6-23(34-13-18(14-34)16-38(4)36)21-12-30-25(11-20(19)21)31-24-7-8-29-27(32-24)22-15-35(9-10-37-3)33-26(22)28/h5-8,11-12,15,17-18H,9-10,13-14,16H2,1-4H3,(H,29,30,31,32). The Balaban J connectivity index is 1.41. The summed E-state index contributed by atoms with van der Waals surface area (Å²) in [6.45, 7) is 7.36. The maximum absolute atomic E-state index is 11.6. The third-order valence-corrected chi connectivity index (χ3v) is 7.92. The highest BCUT2D eigenvalue weighted by Gasteiger charge is 2.29. The van der Waals surface area contributed by atoms with Crippen LogP contribution in [0.3, 0.4) is 0 Å². The number of halogens is 1. The largest absolute Gasteiger partial charge is 0.383 e. The Morgan fingerprint density at radius 3 is 2.74 bits per heavy atom. The van der Waals surface area contributed by atoms with E-state index in [-0.39, 0.29) is 0 Å². The molecule has 0 aliphatic carbocycles. The third kappa shape index (κ3) is 5.67. The van der Waals surface area contributed by atoms with Crippen molar-refractivity contribution in [3.05, 3.63) is 53.6 Å². The van der Waals surface area contributed by atoms with Crippen LogP contribution in [0.25, 0.3) is 22.2 Å². The smallest absolute Gasteiger partial charge is 0.166 e. The van der Waals surface area contributed by atoms with E-state index in [0.717, 1.165) is 29.6 Å². The van der Waals surface area contributed by atoms with Crippen LogP contribution in [0.5, 0.6) is 0 Å². The molecule has 0 spiro atoms. The fourth-order valence-electron chi connectivity index (χ4n) is 4.83. The Labute approximate surface area is 230 Å². The molecule has 0 saturated carbocycles. The van der Waals surface area contributed by atoms with E-state index in [2.05, 4.69) is 57.3 Å². The van der Waals surface area contributed by atoms with Gasteiger partial charge in [-0.2, -0.15) is 5.10 Å². The van der Waals surface area contributed by atoms with Crippen molar-refractivity contribution >= 4 is 50.5 Å². The van der Waals surface area contributed by atoms with Crippen molar-refractivity contribution in [3.63, 3.8) is 0 Å². The Hall–Kier alpha value is -3.08. The Bertz CT molecular complexity index is 1470. The zero-order valence-electron chi connectivity index (χ0n) is 22.0. The van der Waals surface area contributed by atoms with Gasteiger partial charge in [0.25, 0.3) is 0 Å². The maximum atomic E-state index is 11.6. The van der Waals surface area contributed by atoms with E-state index in [4.69, 9.17) is 21.3 Å². The lowest BCUT2D eigenvalue weighted by molar-refractivity contribution is 0.183. The van der Waals surface area contributed by atoms with Gasteiger partial charge in [0.1, 0.15) is 11.6 Å². The molecule has 1 fully saturated rings. The van der Waals surface area contributed by atoms with Crippen LogP contribution in [0.4, 0.5) is 17.3 Å². The van der Waals surface area contributed by atoms with Crippen LogP contribution in [0, 0.1) is 5.92 Å². The molecule has 38 heavy (non-hydrogen) atoms. The van der Waals surface area contributed by atoms with Gasteiger partial charge < -0.3 is 15.0 Å². The van der Waals surface area contributed by atoms with Gasteiger partial charge in [-0.3, -0.25) is 8.89 Å². The number of methoxy groups -OCH3 is 1. The summed E-state index contributed by atoms with van der Waals surface area (Å²) < 4.78 is 18.5. The van der Waals surface area contributed by atoms with Gasteiger partial charge in [0.15, 0.2) is 11.0 Å². The molecular weight excluding hydrogens is 522 g/mol. The SMILES string of the molecule is COCCn1cc(-c2nccc(Nc3cc4c(C(C)C)ccc(N5CC(CS(C)=O)C5)c4cn3)n2)c(Cl)n1. The number of nitrogens with zero attached hydrogens (tertiary/aromatic N) is 6. The van der Waals surface area contributed by atoms with Gasteiger partial charge >= 0.3 is 0 Å². The highest BCUT2D eigenvalue weighted by atomic mass is 35.5. The minimum absolute atomic E-state index is 0.342. The molecule has 4 aromatic rings. The van der Waals surface area contributed by atoms with Crippen LogP contribution in [0.2, 0.25) is 5.15 Å². The molecule has 4 heterocycles. The lowest BCUT2D eigenvalue weighted by atomic mass is 9.93. The van der Waals surface area contributed by atoms with Crippen LogP contribution in [-0.4, -0.2) is 67.8 Å². The fourth-order valence-corrected chi connectivity index (χ4v) is 5.94. The second-order valence-electron chi connectivity index (χ2n) is 9.93. The first-order chi connectivity index (χ1) is 18.3. The van der Waals surface area contributed by atoms with Gasteiger partial charge in [-0.15, -0.1) is 0 Å². The minimum atomic E-state index is -0.766. The topological polar surface area (TPSA) is 98.1 Å². The van der Waals surface area contributed by atoms with Crippen LogP contribution < -0.4 is 10.2 Å². The zero-order valence-corrected chi connectivity index (χ0v) is 23.6. The summed E-state index contributed by atoms with van der Waals surface area (Å²) in [5.74, 6) is 3.38. The number of ether oxygens (including phenoxy) is 1. The Morgan fingerprint density at radius 1 is 1.18 bits per heavy atom. The number of benzene rings is 1. The molecule has 0 bridgehead atoms. The number of anilines is 3. The number of aromatic nitrogens is 5. The summed E-state index contributed by atoms with van der Waals surface area (Å²) in [5, 5.41) is 10.3. The molecule has 1 atom stereocenters. The predicted molar refractivity (Wildman–Crippen MR) is 154 cm³/mol. The van der Waals surface area contributed by atoms with E-state index in [1.807, 2.05) is 12.4 Å². The average Bonchev–Trinajstić information content (AvgIpc) is 3.24. The minimum Gasteiger partial charge on any atom is -0.383 e. The van der Waals surface area contributed by atoms with E-state index < -0.39 is 10.8 Å². The number of rotatable bonds is 10. The Morgan fingerprint density at radius 2 is 2.00 bits per heavy atom. The van der Waals surface area contributed by atoms with E-state index in [0.29, 0.717) is 53.2 Å². The van der Waals surface area contributed by atoms with Crippen LogP contribution in [0.1, 0.15) is 25.3 Å². The summed E-state index contributed by atoms with van der Waals surface area (Å²) in [5.41, 5.74) is 3.09. The van der Waals surface area contributed by atoms with E-state index in [1.165, 1.54) is 11.3 Å². The second kappa shape index (κ2) is 11.3. The monoisotopic (exact) mass is 553 g/mol. The zero-order chi connectivity index (χ0) is 26.8. The first kappa shape index (κ1) is 26.5. The first-order valence-corrected chi connectivity index (χ1v) is 14.7. The molecule has 1 aliphatic rings. The normalized spacial score (nSPS) is 14.7. The van der Waals surface area contributed by atoms with E-state index in [9.17, 15) is 4.21 Å². The van der Waals surface area contributed by atoms with Gasteiger partial charge in [0.2, 0.25) is 0 Å². The maximum Gasteiger partial charge on any atom is 0.166 e. The molecule has 9 nitrogen and oxygen atoms in total. The molecule has 3 aromatic heterocycles. The number of fused-ring (bicyclic) bond motifs is 1.